The lowest BCUT2D eigenvalue weighted by Gasteiger charge is -2.39. The van der Waals surface area contributed by atoms with Crippen molar-refractivity contribution in [1.29, 1.82) is 0 Å². The van der Waals surface area contributed by atoms with Crippen LogP contribution in [0.2, 0.25) is 0 Å². The van der Waals surface area contributed by atoms with E-state index in [1.54, 1.807) is 12.1 Å². The monoisotopic (exact) mass is 524 g/mol. The SMILES string of the molecule is CCCC1CCC(C2CCC(C(F)(F)Oc3ccc(-c4ccc(OC)cc4)c(C(F)F)c3F)CC2)CC1. The first-order valence-electron chi connectivity index (χ1n) is 13.5. The third kappa shape index (κ3) is 6.40. The number of benzene rings is 2. The zero-order valence-electron chi connectivity index (χ0n) is 21.6. The summed E-state index contributed by atoms with van der Waals surface area (Å²) < 4.78 is 83.0. The van der Waals surface area contributed by atoms with Crippen molar-refractivity contribution < 1.29 is 31.4 Å². The van der Waals surface area contributed by atoms with Gasteiger partial charge < -0.3 is 9.47 Å². The van der Waals surface area contributed by atoms with Crippen molar-refractivity contribution in [2.24, 2.45) is 23.7 Å². The molecule has 2 nitrogen and oxygen atoms in total. The van der Waals surface area contributed by atoms with E-state index in [4.69, 9.17) is 9.47 Å². The van der Waals surface area contributed by atoms with Crippen molar-refractivity contribution in [3.05, 3.63) is 47.8 Å². The van der Waals surface area contributed by atoms with Crippen LogP contribution in [0.4, 0.5) is 22.0 Å². The van der Waals surface area contributed by atoms with Gasteiger partial charge in [-0.05, 0) is 91.7 Å². The van der Waals surface area contributed by atoms with Crippen LogP contribution >= 0.6 is 0 Å². The molecule has 2 aliphatic carbocycles. The van der Waals surface area contributed by atoms with Gasteiger partial charge in [0.2, 0.25) is 0 Å². The summed E-state index contributed by atoms with van der Waals surface area (Å²) in [6, 6.07) is 8.40. The van der Waals surface area contributed by atoms with Crippen molar-refractivity contribution in [3.63, 3.8) is 0 Å². The van der Waals surface area contributed by atoms with Gasteiger partial charge in [0.05, 0.1) is 18.6 Å². The molecule has 0 unspecified atom stereocenters. The Hall–Kier alpha value is -2.31. The average Bonchev–Trinajstić information content (AvgIpc) is 2.90. The molecule has 37 heavy (non-hydrogen) atoms. The highest BCUT2D eigenvalue weighted by atomic mass is 19.3. The number of hydrogen-bond donors (Lipinski definition) is 0. The van der Waals surface area contributed by atoms with Crippen LogP contribution in [0.25, 0.3) is 11.1 Å². The van der Waals surface area contributed by atoms with E-state index in [2.05, 4.69) is 6.92 Å². The fraction of sp³-hybridized carbons (Fsp3) is 0.600. The summed E-state index contributed by atoms with van der Waals surface area (Å²) in [7, 11) is 1.47. The van der Waals surface area contributed by atoms with E-state index >= 15 is 13.2 Å². The van der Waals surface area contributed by atoms with Crippen LogP contribution in [0, 0.1) is 29.5 Å². The Morgan fingerprint density at radius 3 is 2.00 bits per heavy atom. The van der Waals surface area contributed by atoms with Gasteiger partial charge in [-0.1, -0.05) is 44.7 Å². The minimum absolute atomic E-state index is 0.0695. The van der Waals surface area contributed by atoms with E-state index in [0.717, 1.165) is 12.0 Å². The second-order valence-corrected chi connectivity index (χ2v) is 10.7. The molecule has 4 rings (SSSR count). The molecule has 2 aromatic carbocycles. The van der Waals surface area contributed by atoms with Gasteiger partial charge in [-0.15, -0.1) is 0 Å². The number of rotatable bonds is 9. The molecule has 0 aliphatic heterocycles. The van der Waals surface area contributed by atoms with Gasteiger partial charge in [-0.2, -0.15) is 8.78 Å². The van der Waals surface area contributed by atoms with E-state index in [0.29, 0.717) is 48.8 Å². The Labute approximate surface area is 216 Å². The zero-order chi connectivity index (χ0) is 26.6. The normalized spacial score (nSPS) is 24.8. The molecule has 0 atom stereocenters. The topological polar surface area (TPSA) is 18.5 Å². The molecule has 0 spiro atoms. The van der Waals surface area contributed by atoms with Crippen LogP contribution in [0.3, 0.4) is 0 Å². The van der Waals surface area contributed by atoms with Gasteiger partial charge >= 0.3 is 6.11 Å². The molecular weight excluding hydrogens is 487 g/mol. The highest BCUT2D eigenvalue weighted by Gasteiger charge is 2.45. The van der Waals surface area contributed by atoms with E-state index in [1.165, 1.54) is 63.8 Å². The highest BCUT2D eigenvalue weighted by Crippen LogP contribution is 2.47. The number of ether oxygens (including phenoxy) is 2. The maximum Gasteiger partial charge on any atom is 0.400 e. The molecular formula is C30H37F5O2. The number of methoxy groups -OCH3 is 1. The lowest BCUT2D eigenvalue weighted by atomic mass is 9.68. The van der Waals surface area contributed by atoms with Gasteiger partial charge in [0.15, 0.2) is 11.6 Å². The van der Waals surface area contributed by atoms with E-state index < -0.39 is 35.6 Å². The first-order valence-corrected chi connectivity index (χ1v) is 13.5. The zero-order valence-corrected chi connectivity index (χ0v) is 21.6. The van der Waals surface area contributed by atoms with Gasteiger partial charge in [0.1, 0.15) is 5.75 Å². The molecule has 0 amide bonds. The van der Waals surface area contributed by atoms with E-state index in [-0.39, 0.29) is 5.56 Å². The molecule has 7 heteroatoms. The van der Waals surface area contributed by atoms with Crippen LogP contribution in [0.1, 0.15) is 83.1 Å². The largest absolute Gasteiger partial charge is 0.497 e. The molecule has 2 fully saturated rings. The molecule has 0 saturated heterocycles. The summed E-state index contributed by atoms with van der Waals surface area (Å²) in [6.45, 7) is 2.21. The third-order valence-electron chi connectivity index (χ3n) is 8.51. The van der Waals surface area contributed by atoms with Crippen molar-refractivity contribution >= 4 is 0 Å². The Balaban J connectivity index is 1.42. The molecule has 0 N–H and O–H groups in total. The fourth-order valence-corrected chi connectivity index (χ4v) is 6.40. The summed E-state index contributed by atoms with van der Waals surface area (Å²) in [5.74, 6) is -0.980. The molecule has 204 valence electrons. The summed E-state index contributed by atoms with van der Waals surface area (Å²) in [5, 5.41) is 0. The third-order valence-corrected chi connectivity index (χ3v) is 8.51. The first-order chi connectivity index (χ1) is 17.7. The predicted molar refractivity (Wildman–Crippen MR) is 135 cm³/mol. The van der Waals surface area contributed by atoms with Crippen LogP contribution < -0.4 is 9.47 Å². The number of alkyl halides is 4. The molecule has 2 saturated carbocycles. The van der Waals surface area contributed by atoms with Gasteiger partial charge in [-0.3, -0.25) is 0 Å². The second-order valence-electron chi connectivity index (χ2n) is 10.7. The maximum atomic E-state index is 15.1. The quantitative estimate of drug-likeness (QED) is 0.304. The second kappa shape index (κ2) is 12.0. The lowest BCUT2D eigenvalue weighted by molar-refractivity contribution is -0.225. The first kappa shape index (κ1) is 27.7. The fourth-order valence-electron chi connectivity index (χ4n) is 6.40. The average molecular weight is 525 g/mol. The van der Waals surface area contributed by atoms with Crippen molar-refractivity contribution in [1.82, 2.24) is 0 Å². The van der Waals surface area contributed by atoms with Crippen molar-refractivity contribution in [2.45, 2.75) is 83.7 Å². The van der Waals surface area contributed by atoms with Crippen LogP contribution in [0.15, 0.2) is 36.4 Å². The van der Waals surface area contributed by atoms with Crippen LogP contribution in [-0.2, 0) is 0 Å². The van der Waals surface area contributed by atoms with Crippen LogP contribution in [-0.4, -0.2) is 13.2 Å². The lowest BCUT2D eigenvalue weighted by Crippen LogP contribution is -2.38. The Kier molecular flexibility index (Phi) is 9.02. The smallest absolute Gasteiger partial charge is 0.400 e. The van der Waals surface area contributed by atoms with Crippen molar-refractivity contribution in [2.75, 3.05) is 7.11 Å². The summed E-state index contributed by atoms with van der Waals surface area (Å²) in [5.41, 5.74) is -0.684. The Morgan fingerprint density at radius 1 is 0.865 bits per heavy atom. The van der Waals surface area contributed by atoms with Crippen LogP contribution in [0.5, 0.6) is 11.5 Å². The summed E-state index contributed by atoms with van der Waals surface area (Å²) in [6.07, 6.45) is 2.45. The molecule has 0 aromatic heterocycles. The van der Waals surface area contributed by atoms with Gasteiger partial charge in [0.25, 0.3) is 6.43 Å². The predicted octanol–water partition coefficient (Wildman–Crippen LogP) is 9.82. The number of hydrogen-bond acceptors (Lipinski definition) is 2. The molecule has 0 heterocycles. The standard InChI is InChI=1S/C30H37F5O2/c1-3-4-19-5-7-20(8-6-19)21-9-13-23(14-10-21)30(34,35)37-26-18-17-25(27(28(26)31)29(32)33)22-11-15-24(36-2)16-12-22/h11-12,15-21,23,29H,3-10,13-14H2,1-2H3. The number of halogens is 5. The van der Waals surface area contributed by atoms with Gasteiger partial charge in [-0.25, -0.2) is 13.2 Å². The highest BCUT2D eigenvalue weighted by molar-refractivity contribution is 5.69. The molecule has 0 radical (unpaired) electrons. The van der Waals surface area contributed by atoms with E-state index in [1.807, 2.05) is 0 Å². The molecule has 2 aromatic rings. The maximum absolute atomic E-state index is 15.1. The Bertz CT molecular complexity index is 1010. The summed E-state index contributed by atoms with van der Waals surface area (Å²) >= 11 is 0. The van der Waals surface area contributed by atoms with Gasteiger partial charge in [0, 0.05) is 0 Å². The minimum atomic E-state index is -3.63. The molecule has 2 aliphatic rings. The Morgan fingerprint density at radius 2 is 1.46 bits per heavy atom. The van der Waals surface area contributed by atoms with E-state index in [9.17, 15) is 8.78 Å². The summed E-state index contributed by atoms with van der Waals surface area (Å²) in [4.78, 5) is 0. The van der Waals surface area contributed by atoms with Crippen molar-refractivity contribution in [3.8, 4) is 22.6 Å². The molecule has 0 bridgehead atoms. The minimum Gasteiger partial charge on any atom is -0.497 e.